The van der Waals surface area contributed by atoms with Crippen LogP contribution in [0.25, 0.3) is 39.2 Å². The van der Waals surface area contributed by atoms with E-state index in [-0.39, 0.29) is 27.9 Å². The van der Waals surface area contributed by atoms with Crippen LogP contribution in [0.1, 0.15) is 33.9 Å². The highest BCUT2D eigenvalue weighted by Gasteiger charge is 2.35. The number of allylic oxidation sites excluding steroid dienone is 2. The molecule has 0 fully saturated rings. The van der Waals surface area contributed by atoms with Gasteiger partial charge in [0.25, 0.3) is 10.1 Å². The van der Waals surface area contributed by atoms with Gasteiger partial charge in [0.2, 0.25) is 0 Å². The molecular formula is C43H33F4N5O3S. The molecule has 0 amide bonds. The molecule has 0 saturated carbocycles. The summed E-state index contributed by atoms with van der Waals surface area (Å²) >= 11 is 0. The molecule has 2 aromatic heterocycles. The van der Waals surface area contributed by atoms with Crippen molar-refractivity contribution in [3.63, 3.8) is 0 Å². The molecule has 2 N–H and O–H groups in total. The molecule has 8 nitrogen and oxygen atoms in total. The quantitative estimate of drug-likeness (QED) is 0.133. The van der Waals surface area contributed by atoms with Crippen LogP contribution in [0.15, 0.2) is 126 Å². The summed E-state index contributed by atoms with van der Waals surface area (Å²) in [7, 11) is -0.772. The van der Waals surface area contributed by atoms with Crippen LogP contribution in [0.3, 0.4) is 0 Å². The average Bonchev–Trinajstić information content (AvgIpc) is 3.72. The SMILES string of the molecule is Cc1c(-c2ccc3[nH]c(-c4c(F)cccc4F)cc3n2)ccc(C#N)c1S(=O)(=O)O.Cc1ccccc1C1=CC=C2C(=CC(c3c(F)cccc3F)N2C)N1C. The fraction of sp³-hybridized carbons (Fsp3) is 0.116. The molecule has 0 radical (unpaired) electrons. The largest absolute Gasteiger partial charge is 0.362 e. The van der Waals surface area contributed by atoms with Gasteiger partial charge in [0.1, 0.15) is 34.2 Å². The van der Waals surface area contributed by atoms with Crippen molar-refractivity contribution in [1.29, 1.82) is 5.26 Å². The Balaban J connectivity index is 0.000000173. The summed E-state index contributed by atoms with van der Waals surface area (Å²) in [6.07, 6.45) is 6.01. The molecule has 56 heavy (non-hydrogen) atoms. The number of hydrogen-bond donors (Lipinski definition) is 2. The Labute approximate surface area is 320 Å². The van der Waals surface area contributed by atoms with Gasteiger partial charge in [-0.25, -0.2) is 22.5 Å². The summed E-state index contributed by atoms with van der Waals surface area (Å²) in [4.78, 5) is 10.9. The first-order valence-electron chi connectivity index (χ1n) is 17.3. The number of benzene rings is 4. The van der Waals surface area contributed by atoms with Crippen LogP contribution >= 0.6 is 0 Å². The van der Waals surface area contributed by atoms with Gasteiger partial charge in [0.15, 0.2) is 0 Å². The van der Waals surface area contributed by atoms with E-state index < -0.39 is 44.3 Å². The van der Waals surface area contributed by atoms with Gasteiger partial charge in [-0.05, 0) is 91.7 Å². The van der Waals surface area contributed by atoms with Crippen molar-refractivity contribution in [2.24, 2.45) is 0 Å². The second kappa shape index (κ2) is 14.6. The molecule has 2 aliphatic heterocycles. The van der Waals surface area contributed by atoms with Crippen LogP contribution in [0, 0.1) is 48.4 Å². The Kier molecular flexibility index (Phi) is 9.88. The van der Waals surface area contributed by atoms with Gasteiger partial charge in [-0.1, -0.05) is 42.5 Å². The van der Waals surface area contributed by atoms with Crippen molar-refractivity contribution in [2.75, 3.05) is 14.1 Å². The molecule has 1 atom stereocenters. The van der Waals surface area contributed by atoms with Gasteiger partial charge < -0.3 is 14.8 Å². The zero-order valence-corrected chi connectivity index (χ0v) is 31.3. The number of aromatic amines is 1. The van der Waals surface area contributed by atoms with Gasteiger partial charge in [0, 0.05) is 36.5 Å². The van der Waals surface area contributed by atoms with Crippen molar-refractivity contribution in [3.05, 3.63) is 172 Å². The smallest absolute Gasteiger partial charge is 0.296 e. The molecule has 0 spiro atoms. The van der Waals surface area contributed by atoms with Crippen LogP contribution in [0.5, 0.6) is 0 Å². The molecule has 0 bridgehead atoms. The maximum atomic E-state index is 14.3. The van der Waals surface area contributed by atoms with E-state index in [4.69, 9.17) is 5.26 Å². The molecule has 2 aliphatic rings. The third-order valence-corrected chi connectivity index (χ3v) is 11.0. The zero-order valence-electron chi connectivity index (χ0n) is 30.4. The number of aromatic nitrogens is 2. The van der Waals surface area contributed by atoms with E-state index in [1.165, 1.54) is 55.0 Å². The second-order valence-corrected chi connectivity index (χ2v) is 14.7. The third-order valence-electron chi connectivity index (χ3n) is 9.98. The molecule has 6 aromatic rings. The summed E-state index contributed by atoms with van der Waals surface area (Å²) in [5, 5.41) is 9.16. The first-order valence-corrected chi connectivity index (χ1v) is 18.7. The normalized spacial score (nSPS) is 15.1. The van der Waals surface area contributed by atoms with Gasteiger partial charge in [-0.15, -0.1) is 0 Å². The van der Waals surface area contributed by atoms with E-state index in [1.807, 2.05) is 43.3 Å². The van der Waals surface area contributed by atoms with Crippen molar-refractivity contribution in [1.82, 2.24) is 19.8 Å². The topological polar surface area (TPSA) is 113 Å². The number of rotatable bonds is 5. The third kappa shape index (κ3) is 6.74. The highest BCUT2D eigenvalue weighted by Crippen LogP contribution is 2.43. The van der Waals surface area contributed by atoms with E-state index in [1.54, 1.807) is 18.2 Å². The molecule has 4 aromatic carbocycles. The molecular weight excluding hydrogens is 743 g/mol. The Morgan fingerprint density at radius 2 is 1.43 bits per heavy atom. The lowest BCUT2D eigenvalue weighted by molar-refractivity contribution is 0.361. The van der Waals surface area contributed by atoms with E-state index in [0.717, 1.165) is 34.8 Å². The van der Waals surface area contributed by atoms with Crippen LogP contribution in [-0.2, 0) is 10.1 Å². The molecule has 8 rings (SSSR count). The first-order chi connectivity index (χ1) is 26.7. The first kappa shape index (κ1) is 37.8. The molecule has 1 unspecified atom stereocenters. The maximum Gasteiger partial charge on any atom is 0.296 e. The van der Waals surface area contributed by atoms with E-state index >= 15 is 0 Å². The van der Waals surface area contributed by atoms with Crippen molar-refractivity contribution in [2.45, 2.75) is 24.8 Å². The summed E-state index contributed by atoms with van der Waals surface area (Å²) in [6.45, 7) is 3.54. The number of H-pyrrole nitrogens is 1. The lowest BCUT2D eigenvalue weighted by atomic mass is 10.0. The predicted octanol–water partition coefficient (Wildman–Crippen LogP) is 9.62. The molecule has 0 aliphatic carbocycles. The second-order valence-electron chi connectivity index (χ2n) is 13.3. The number of halogens is 4. The number of hydrogen-bond acceptors (Lipinski definition) is 6. The van der Waals surface area contributed by atoms with Gasteiger partial charge in [0.05, 0.1) is 51.0 Å². The lowest BCUT2D eigenvalue weighted by Crippen LogP contribution is -2.25. The fourth-order valence-corrected chi connectivity index (χ4v) is 8.09. The minimum absolute atomic E-state index is 0.0867. The van der Waals surface area contributed by atoms with E-state index in [9.17, 15) is 30.5 Å². The van der Waals surface area contributed by atoms with E-state index in [2.05, 4.69) is 40.0 Å². The molecule has 4 heterocycles. The number of fused-ring (bicyclic) bond motifs is 2. The highest BCUT2D eigenvalue weighted by atomic mass is 32.2. The minimum Gasteiger partial charge on any atom is -0.362 e. The average molecular weight is 776 g/mol. The maximum absolute atomic E-state index is 14.3. The van der Waals surface area contributed by atoms with Crippen molar-refractivity contribution >= 4 is 26.8 Å². The van der Waals surface area contributed by atoms with Crippen molar-refractivity contribution < 1.29 is 30.5 Å². The van der Waals surface area contributed by atoms with Crippen molar-refractivity contribution in [3.8, 4) is 28.6 Å². The Hall–Kier alpha value is -6.49. The Bertz CT molecular complexity index is 2780. The Morgan fingerprint density at radius 3 is 2.07 bits per heavy atom. The van der Waals surface area contributed by atoms with Crippen LogP contribution in [-0.4, -0.2) is 46.8 Å². The highest BCUT2D eigenvalue weighted by molar-refractivity contribution is 7.86. The number of nitriles is 1. The molecule has 0 saturated heterocycles. The standard InChI is InChI=1S/C22H20F2N2.C21H13F2N3O3S/c1-14-7-4-5-8-15(14)18-11-12-19-20(25(18)2)13-21(26(19)3)22-16(23)9-6-10-17(22)24;1-11-13(6-5-12(10-24)21(11)30(27,28)29)16-7-8-17-18(25-16)9-19(26-17)20-14(22)3-2-4-15(20)23/h4-13,21H,1-3H3;2-9,26H,1H3,(H,27,28,29). The summed E-state index contributed by atoms with van der Waals surface area (Å²) in [6, 6.07) is 24.6. The Morgan fingerprint density at radius 1 is 0.786 bits per heavy atom. The number of aryl methyl sites for hydroxylation is 1. The van der Waals surface area contributed by atoms with Gasteiger partial charge in [-0.3, -0.25) is 4.55 Å². The van der Waals surface area contributed by atoms with Crippen LogP contribution in [0.4, 0.5) is 17.6 Å². The lowest BCUT2D eigenvalue weighted by Gasteiger charge is -2.31. The van der Waals surface area contributed by atoms with Gasteiger partial charge in [-0.2, -0.15) is 13.7 Å². The summed E-state index contributed by atoms with van der Waals surface area (Å²) < 4.78 is 89.9. The summed E-state index contributed by atoms with van der Waals surface area (Å²) in [5.74, 6) is -2.48. The number of pyridine rings is 1. The number of likely N-dealkylation sites (N-methyl/N-ethyl adjacent to an activating group) is 2. The monoisotopic (exact) mass is 775 g/mol. The fourth-order valence-electron chi connectivity index (χ4n) is 7.20. The van der Waals surface area contributed by atoms with E-state index in [0.29, 0.717) is 22.3 Å². The molecule has 282 valence electrons. The predicted molar refractivity (Wildman–Crippen MR) is 206 cm³/mol. The van der Waals surface area contributed by atoms with Crippen LogP contribution in [0.2, 0.25) is 0 Å². The minimum atomic E-state index is -4.63. The van der Waals surface area contributed by atoms with Gasteiger partial charge >= 0.3 is 0 Å². The summed E-state index contributed by atoms with van der Waals surface area (Å²) in [5.41, 5.74) is 7.08. The zero-order chi connectivity index (χ0) is 40.1. The number of nitrogens with one attached hydrogen (secondary N) is 1. The molecule has 13 heteroatoms. The number of nitrogens with zero attached hydrogens (tertiary/aromatic N) is 4. The van der Waals surface area contributed by atoms with Crippen LogP contribution < -0.4 is 0 Å².